The van der Waals surface area contributed by atoms with E-state index in [0.29, 0.717) is 17.3 Å². The van der Waals surface area contributed by atoms with E-state index in [-0.39, 0.29) is 5.91 Å². The largest absolute Gasteiger partial charge is 0.322 e. The van der Waals surface area contributed by atoms with Gasteiger partial charge in [-0.15, -0.1) is 0 Å². The second-order valence-corrected chi connectivity index (χ2v) is 6.77. The van der Waals surface area contributed by atoms with Gasteiger partial charge in [-0.1, -0.05) is 54.1 Å². The molecule has 1 amide bonds. The van der Waals surface area contributed by atoms with E-state index in [1.165, 1.54) is 10.5 Å². The topological polar surface area (TPSA) is 38.0 Å². The molecule has 2 aromatic carbocycles. The van der Waals surface area contributed by atoms with Crippen molar-refractivity contribution in [2.24, 2.45) is 0 Å². The van der Waals surface area contributed by atoms with Crippen LogP contribution < -0.4 is 15.1 Å². The van der Waals surface area contributed by atoms with Gasteiger partial charge in [-0.25, -0.2) is 0 Å². The highest BCUT2D eigenvalue weighted by Gasteiger charge is 2.24. The molecule has 1 heterocycles. The number of halogens is 1. The van der Waals surface area contributed by atoms with E-state index in [1.54, 1.807) is 11.0 Å². The van der Waals surface area contributed by atoms with Crippen LogP contribution >= 0.6 is 11.6 Å². The second kappa shape index (κ2) is 8.29. The lowest BCUT2D eigenvalue weighted by Crippen LogP contribution is -3.28. The van der Waals surface area contributed by atoms with Crippen molar-refractivity contribution in [2.45, 2.75) is 6.54 Å². The minimum absolute atomic E-state index is 0.0320. The molecule has 0 saturated carbocycles. The van der Waals surface area contributed by atoms with Crippen LogP contribution in [0.4, 0.5) is 5.69 Å². The maximum absolute atomic E-state index is 12.2. The van der Waals surface area contributed by atoms with Crippen LogP contribution in [0, 0.1) is 0 Å². The van der Waals surface area contributed by atoms with E-state index in [4.69, 9.17) is 11.6 Å². The molecule has 0 aromatic heterocycles. The van der Waals surface area contributed by atoms with Crippen LogP contribution in [0.5, 0.6) is 0 Å². The molecule has 2 aromatic rings. The van der Waals surface area contributed by atoms with Crippen LogP contribution in [0.2, 0.25) is 5.02 Å². The predicted octanol–water partition coefficient (Wildman–Crippen LogP) is 0.262. The van der Waals surface area contributed by atoms with E-state index in [2.05, 4.69) is 35.6 Å². The zero-order valence-electron chi connectivity index (χ0n) is 13.7. The van der Waals surface area contributed by atoms with Gasteiger partial charge in [0.2, 0.25) is 0 Å². The van der Waals surface area contributed by atoms with Crippen molar-refractivity contribution in [3.05, 3.63) is 65.2 Å². The van der Waals surface area contributed by atoms with E-state index in [9.17, 15) is 4.79 Å². The van der Waals surface area contributed by atoms with Crippen molar-refractivity contribution >= 4 is 23.2 Å². The number of anilines is 1. The van der Waals surface area contributed by atoms with E-state index in [0.717, 1.165) is 32.7 Å². The Labute approximate surface area is 148 Å². The smallest absolute Gasteiger partial charge is 0.279 e. The van der Waals surface area contributed by atoms with E-state index in [1.807, 2.05) is 18.2 Å². The lowest BCUT2D eigenvalue weighted by Gasteiger charge is -2.29. The number of rotatable bonds is 5. The fourth-order valence-electron chi connectivity index (χ4n) is 3.18. The molecule has 126 valence electrons. The quantitative estimate of drug-likeness (QED) is 0.714. The molecule has 1 aliphatic heterocycles. The SMILES string of the molecule is O=C(C[NH+]1CC[NH+](Cc2ccccc2)CC1)Nc1ccccc1Cl. The molecule has 0 atom stereocenters. The van der Waals surface area contributed by atoms with Gasteiger partial charge in [-0.3, -0.25) is 4.79 Å². The second-order valence-electron chi connectivity index (χ2n) is 6.37. The predicted molar refractivity (Wildman–Crippen MR) is 96.5 cm³/mol. The number of para-hydroxylation sites is 1. The molecular formula is C19H24ClN3O+2. The Morgan fingerprint density at radius 3 is 2.25 bits per heavy atom. The van der Waals surface area contributed by atoms with Gasteiger partial charge >= 0.3 is 0 Å². The zero-order chi connectivity index (χ0) is 16.8. The number of benzene rings is 2. The van der Waals surface area contributed by atoms with Crippen molar-refractivity contribution in [3.8, 4) is 0 Å². The van der Waals surface area contributed by atoms with Crippen molar-refractivity contribution in [3.63, 3.8) is 0 Å². The monoisotopic (exact) mass is 345 g/mol. The molecule has 4 nitrogen and oxygen atoms in total. The van der Waals surface area contributed by atoms with Crippen LogP contribution in [-0.2, 0) is 11.3 Å². The molecular weight excluding hydrogens is 322 g/mol. The first-order valence-corrected chi connectivity index (χ1v) is 8.84. The average molecular weight is 346 g/mol. The van der Waals surface area contributed by atoms with Crippen molar-refractivity contribution < 1.29 is 14.6 Å². The molecule has 1 saturated heterocycles. The first kappa shape index (κ1) is 17.0. The van der Waals surface area contributed by atoms with Crippen molar-refractivity contribution in [1.29, 1.82) is 0 Å². The summed E-state index contributed by atoms with van der Waals surface area (Å²) in [5.74, 6) is 0.0320. The summed E-state index contributed by atoms with van der Waals surface area (Å²) in [5.41, 5.74) is 2.07. The Hall–Kier alpha value is -1.88. The summed E-state index contributed by atoms with van der Waals surface area (Å²) >= 11 is 6.08. The Bertz CT molecular complexity index is 669. The third-order valence-corrected chi connectivity index (χ3v) is 4.85. The number of hydrogen-bond donors (Lipinski definition) is 3. The van der Waals surface area contributed by atoms with Crippen LogP contribution in [0.25, 0.3) is 0 Å². The summed E-state index contributed by atoms with van der Waals surface area (Å²) < 4.78 is 0. The Kier molecular flexibility index (Phi) is 5.86. The molecule has 0 aliphatic carbocycles. The summed E-state index contributed by atoms with van der Waals surface area (Å²) in [6.45, 7) is 5.83. The standard InChI is InChI=1S/C19H22ClN3O/c20-17-8-4-5-9-18(17)21-19(24)15-23-12-10-22(11-13-23)14-16-6-2-1-3-7-16/h1-9H,10-15H2,(H,21,24)/p+2. The van der Waals surface area contributed by atoms with Crippen molar-refractivity contribution in [2.75, 3.05) is 38.0 Å². The first-order valence-electron chi connectivity index (χ1n) is 8.46. The number of nitrogens with one attached hydrogen (secondary N) is 3. The molecule has 3 N–H and O–H groups in total. The fourth-order valence-corrected chi connectivity index (χ4v) is 3.36. The maximum Gasteiger partial charge on any atom is 0.279 e. The number of hydrogen-bond acceptors (Lipinski definition) is 1. The fraction of sp³-hybridized carbons (Fsp3) is 0.316. The molecule has 3 rings (SSSR count). The van der Waals surface area contributed by atoms with E-state index < -0.39 is 0 Å². The molecule has 5 heteroatoms. The van der Waals surface area contributed by atoms with Gasteiger partial charge in [0.15, 0.2) is 6.54 Å². The van der Waals surface area contributed by atoms with Gasteiger partial charge in [-0.2, -0.15) is 0 Å². The molecule has 0 bridgehead atoms. The normalized spacial score (nSPS) is 20.5. The first-order chi connectivity index (χ1) is 11.7. The van der Waals surface area contributed by atoms with E-state index >= 15 is 0 Å². The Balaban J connectivity index is 1.43. The van der Waals surface area contributed by atoms with Crippen molar-refractivity contribution in [1.82, 2.24) is 0 Å². The number of quaternary nitrogens is 2. The van der Waals surface area contributed by atoms with Gasteiger partial charge in [0, 0.05) is 5.56 Å². The van der Waals surface area contributed by atoms with Gasteiger partial charge in [0.05, 0.1) is 10.7 Å². The summed E-state index contributed by atoms with van der Waals surface area (Å²) in [6, 6.07) is 18.0. The lowest BCUT2D eigenvalue weighted by molar-refractivity contribution is -1.02. The third-order valence-electron chi connectivity index (χ3n) is 4.52. The van der Waals surface area contributed by atoms with Crippen LogP contribution in [0.3, 0.4) is 0 Å². The number of carbonyl (C=O) groups is 1. The van der Waals surface area contributed by atoms with Crippen LogP contribution in [0.1, 0.15) is 5.56 Å². The lowest BCUT2D eigenvalue weighted by atomic mass is 10.2. The summed E-state index contributed by atoms with van der Waals surface area (Å²) in [4.78, 5) is 15.1. The van der Waals surface area contributed by atoms with Gasteiger partial charge in [0.1, 0.15) is 32.7 Å². The van der Waals surface area contributed by atoms with Crippen LogP contribution in [-0.4, -0.2) is 38.6 Å². The number of carbonyl (C=O) groups excluding carboxylic acids is 1. The molecule has 1 aliphatic rings. The molecule has 1 fully saturated rings. The number of amides is 1. The minimum Gasteiger partial charge on any atom is -0.322 e. The Morgan fingerprint density at radius 2 is 1.54 bits per heavy atom. The minimum atomic E-state index is 0.0320. The zero-order valence-corrected chi connectivity index (χ0v) is 14.5. The summed E-state index contributed by atoms with van der Waals surface area (Å²) in [6.07, 6.45) is 0. The molecule has 0 spiro atoms. The molecule has 0 radical (unpaired) electrons. The third kappa shape index (κ3) is 4.81. The highest BCUT2D eigenvalue weighted by molar-refractivity contribution is 6.33. The highest BCUT2D eigenvalue weighted by Crippen LogP contribution is 2.19. The molecule has 24 heavy (non-hydrogen) atoms. The van der Waals surface area contributed by atoms with Gasteiger partial charge in [-0.05, 0) is 12.1 Å². The Morgan fingerprint density at radius 1 is 0.917 bits per heavy atom. The maximum atomic E-state index is 12.2. The van der Waals surface area contributed by atoms with Crippen LogP contribution in [0.15, 0.2) is 54.6 Å². The van der Waals surface area contributed by atoms with Gasteiger partial charge < -0.3 is 15.1 Å². The summed E-state index contributed by atoms with van der Waals surface area (Å²) in [7, 11) is 0. The van der Waals surface area contributed by atoms with Gasteiger partial charge in [0.25, 0.3) is 5.91 Å². The molecule has 0 unspecified atom stereocenters. The average Bonchev–Trinajstić information content (AvgIpc) is 2.60. The number of piperazine rings is 1. The highest BCUT2D eigenvalue weighted by atomic mass is 35.5. The summed E-state index contributed by atoms with van der Waals surface area (Å²) in [5, 5.41) is 3.49.